The summed E-state index contributed by atoms with van der Waals surface area (Å²) >= 11 is 2.30. The van der Waals surface area contributed by atoms with Crippen molar-refractivity contribution in [2.45, 2.75) is 27.2 Å². The second-order valence-electron chi connectivity index (χ2n) is 7.28. The standard InChI is InChI=1S/C21H19F2N5O2S2/c1-8-5-6-13(31-8)11-7-12(18(22)23)25-21-15(11)16(17(32-21)19(24)29)26-20(30)14-9(2)27-28(4)10(14)3/h5-7,18H,1-4H3,(H2,24,29)(H,26,30). The van der Waals surface area contributed by atoms with Crippen molar-refractivity contribution in [2.75, 3.05) is 5.32 Å². The molecule has 2 amide bonds. The molecule has 0 aliphatic carbocycles. The van der Waals surface area contributed by atoms with Gasteiger partial charge in [0.2, 0.25) is 0 Å². The summed E-state index contributed by atoms with van der Waals surface area (Å²) in [5.41, 5.74) is 7.33. The first kappa shape index (κ1) is 22.0. The Balaban J connectivity index is 1.97. The fraction of sp³-hybridized carbons (Fsp3) is 0.238. The van der Waals surface area contributed by atoms with E-state index in [-0.39, 0.29) is 15.4 Å². The summed E-state index contributed by atoms with van der Waals surface area (Å²) in [5, 5.41) is 7.44. The molecule has 0 spiro atoms. The van der Waals surface area contributed by atoms with E-state index < -0.39 is 23.9 Å². The summed E-state index contributed by atoms with van der Waals surface area (Å²) in [6, 6.07) is 4.98. The highest BCUT2D eigenvalue weighted by molar-refractivity contribution is 7.21. The van der Waals surface area contributed by atoms with Crippen LogP contribution >= 0.6 is 22.7 Å². The summed E-state index contributed by atoms with van der Waals surface area (Å²) in [4.78, 5) is 31.4. The molecular weight excluding hydrogens is 456 g/mol. The maximum atomic E-state index is 13.6. The molecule has 0 aromatic carbocycles. The Morgan fingerprint density at radius 1 is 1.19 bits per heavy atom. The number of carbonyl (C=O) groups is 2. The number of anilines is 1. The van der Waals surface area contributed by atoms with Gasteiger partial charge in [-0.1, -0.05) is 0 Å². The summed E-state index contributed by atoms with van der Waals surface area (Å²) in [6.45, 7) is 5.37. The lowest BCUT2D eigenvalue weighted by Gasteiger charge is -2.10. The molecule has 4 aromatic heterocycles. The van der Waals surface area contributed by atoms with Gasteiger partial charge < -0.3 is 11.1 Å². The zero-order valence-corrected chi connectivity index (χ0v) is 19.3. The minimum absolute atomic E-state index is 0.0426. The zero-order valence-electron chi connectivity index (χ0n) is 17.6. The molecule has 0 aliphatic rings. The number of primary amides is 1. The maximum Gasteiger partial charge on any atom is 0.280 e. The number of carbonyl (C=O) groups excluding carboxylic acids is 2. The highest BCUT2D eigenvalue weighted by Gasteiger charge is 2.27. The Bertz CT molecular complexity index is 1390. The van der Waals surface area contributed by atoms with Crippen molar-refractivity contribution in [1.29, 1.82) is 0 Å². The van der Waals surface area contributed by atoms with Gasteiger partial charge in [-0.2, -0.15) is 5.10 Å². The SMILES string of the molecule is Cc1ccc(-c2cc(C(F)F)nc3sc(C(N)=O)c(NC(=O)c4c(C)nn(C)c4C)c23)s1. The fourth-order valence-electron chi connectivity index (χ4n) is 3.57. The van der Waals surface area contributed by atoms with Crippen LogP contribution < -0.4 is 11.1 Å². The van der Waals surface area contributed by atoms with Gasteiger partial charge in [-0.05, 0) is 39.0 Å². The van der Waals surface area contributed by atoms with Crippen molar-refractivity contribution in [3.63, 3.8) is 0 Å². The molecule has 0 saturated heterocycles. The van der Waals surface area contributed by atoms with Crippen molar-refractivity contribution in [3.05, 3.63) is 50.6 Å². The number of rotatable bonds is 5. The van der Waals surface area contributed by atoms with Crippen LogP contribution in [0.2, 0.25) is 0 Å². The Kier molecular flexibility index (Phi) is 5.55. The Labute approximate surface area is 189 Å². The van der Waals surface area contributed by atoms with Crippen molar-refractivity contribution in [3.8, 4) is 10.4 Å². The number of alkyl halides is 2. The second-order valence-corrected chi connectivity index (χ2v) is 9.57. The van der Waals surface area contributed by atoms with E-state index >= 15 is 0 Å². The number of halogens is 2. The van der Waals surface area contributed by atoms with Crippen LogP contribution in [0.25, 0.3) is 20.7 Å². The Morgan fingerprint density at radius 3 is 2.44 bits per heavy atom. The highest BCUT2D eigenvalue weighted by Crippen LogP contribution is 2.44. The molecule has 166 valence electrons. The topological polar surface area (TPSA) is 103 Å². The van der Waals surface area contributed by atoms with E-state index in [4.69, 9.17) is 5.73 Å². The van der Waals surface area contributed by atoms with Crippen LogP contribution in [-0.4, -0.2) is 26.6 Å². The zero-order chi connectivity index (χ0) is 23.3. The predicted molar refractivity (Wildman–Crippen MR) is 122 cm³/mol. The van der Waals surface area contributed by atoms with Gasteiger partial charge >= 0.3 is 0 Å². The summed E-state index contributed by atoms with van der Waals surface area (Å²) in [5.74, 6) is -1.25. The van der Waals surface area contributed by atoms with Gasteiger partial charge in [0, 0.05) is 33.4 Å². The first-order chi connectivity index (χ1) is 15.1. The number of thiophene rings is 2. The molecule has 0 saturated carbocycles. The number of hydrogen-bond donors (Lipinski definition) is 2. The first-order valence-corrected chi connectivity index (χ1v) is 11.2. The molecule has 7 nitrogen and oxygen atoms in total. The van der Waals surface area contributed by atoms with Crippen LogP contribution in [0.1, 0.15) is 48.4 Å². The average molecular weight is 476 g/mol. The van der Waals surface area contributed by atoms with Gasteiger partial charge in [0.25, 0.3) is 18.2 Å². The van der Waals surface area contributed by atoms with E-state index in [0.29, 0.717) is 27.9 Å². The summed E-state index contributed by atoms with van der Waals surface area (Å²) < 4.78 is 28.7. The largest absolute Gasteiger partial charge is 0.365 e. The number of pyridine rings is 1. The van der Waals surface area contributed by atoms with Crippen LogP contribution in [0, 0.1) is 20.8 Å². The molecule has 4 rings (SSSR count). The normalized spacial score (nSPS) is 11.5. The number of nitrogens with zero attached hydrogens (tertiary/aromatic N) is 3. The Hall–Kier alpha value is -3.18. The average Bonchev–Trinajstić information content (AvgIpc) is 3.37. The van der Waals surface area contributed by atoms with Crippen LogP contribution in [0.5, 0.6) is 0 Å². The van der Waals surface area contributed by atoms with Crippen LogP contribution in [-0.2, 0) is 7.05 Å². The predicted octanol–water partition coefficient (Wildman–Crippen LogP) is 4.97. The van der Waals surface area contributed by atoms with Crippen molar-refractivity contribution < 1.29 is 18.4 Å². The number of aromatic nitrogens is 3. The third-order valence-electron chi connectivity index (χ3n) is 5.11. The summed E-state index contributed by atoms with van der Waals surface area (Å²) in [7, 11) is 1.72. The fourth-order valence-corrected chi connectivity index (χ4v) is 5.48. The lowest BCUT2D eigenvalue weighted by Crippen LogP contribution is -2.18. The van der Waals surface area contributed by atoms with E-state index in [1.165, 1.54) is 17.4 Å². The molecule has 4 heterocycles. The molecular formula is C21H19F2N5O2S2. The lowest BCUT2D eigenvalue weighted by atomic mass is 10.1. The van der Waals surface area contributed by atoms with E-state index in [2.05, 4.69) is 15.4 Å². The van der Waals surface area contributed by atoms with Gasteiger partial charge in [-0.3, -0.25) is 14.3 Å². The van der Waals surface area contributed by atoms with Crippen molar-refractivity contribution in [2.24, 2.45) is 12.8 Å². The highest BCUT2D eigenvalue weighted by atomic mass is 32.1. The van der Waals surface area contributed by atoms with E-state index in [9.17, 15) is 18.4 Å². The van der Waals surface area contributed by atoms with Gasteiger partial charge in [-0.15, -0.1) is 22.7 Å². The van der Waals surface area contributed by atoms with Crippen LogP contribution in [0.3, 0.4) is 0 Å². The van der Waals surface area contributed by atoms with Gasteiger partial charge in [0.15, 0.2) is 0 Å². The molecule has 0 fully saturated rings. The third kappa shape index (κ3) is 3.67. The lowest BCUT2D eigenvalue weighted by molar-refractivity contribution is 0.100. The number of aryl methyl sites for hydroxylation is 3. The minimum Gasteiger partial charge on any atom is -0.365 e. The smallest absolute Gasteiger partial charge is 0.280 e. The van der Waals surface area contributed by atoms with Crippen molar-refractivity contribution >= 4 is 50.4 Å². The van der Waals surface area contributed by atoms with Crippen LogP contribution in [0.15, 0.2) is 18.2 Å². The van der Waals surface area contributed by atoms with Gasteiger partial charge in [0.05, 0.1) is 16.9 Å². The molecule has 0 unspecified atom stereocenters. The number of nitrogens with one attached hydrogen (secondary N) is 1. The molecule has 0 bridgehead atoms. The molecule has 32 heavy (non-hydrogen) atoms. The molecule has 4 aromatic rings. The third-order valence-corrected chi connectivity index (χ3v) is 7.24. The van der Waals surface area contributed by atoms with Crippen molar-refractivity contribution in [1.82, 2.24) is 14.8 Å². The monoisotopic (exact) mass is 475 g/mol. The second kappa shape index (κ2) is 8.06. The minimum atomic E-state index is -2.79. The molecule has 0 atom stereocenters. The maximum absolute atomic E-state index is 13.6. The van der Waals surface area contributed by atoms with E-state index in [1.54, 1.807) is 25.6 Å². The first-order valence-electron chi connectivity index (χ1n) is 9.52. The van der Waals surface area contributed by atoms with E-state index in [1.807, 2.05) is 19.1 Å². The van der Waals surface area contributed by atoms with Crippen LogP contribution in [0.4, 0.5) is 14.5 Å². The van der Waals surface area contributed by atoms with Gasteiger partial charge in [-0.25, -0.2) is 13.8 Å². The molecule has 0 radical (unpaired) electrons. The van der Waals surface area contributed by atoms with Gasteiger partial charge in [0.1, 0.15) is 15.4 Å². The number of fused-ring (bicyclic) bond motifs is 1. The molecule has 11 heteroatoms. The van der Waals surface area contributed by atoms with E-state index in [0.717, 1.165) is 21.1 Å². The summed E-state index contributed by atoms with van der Waals surface area (Å²) in [6.07, 6.45) is -2.79. The number of hydrogen-bond acceptors (Lipinski definition) is 6. The molecule has 0 aliphatic heterocycles. The quantitative estimate of drug-likeness (QED) is 0.425. The Morgan fingerprint density at radius 2 is 1.91 bits per heavy atom. The molecule has 3 N–H and O–H groups in total. The number of nitrogens with two attached hydrogens (primary N) is 1. The number of amides is 2.